The van der Waals surface area contributed by atoms with Crippen molar-refractivity contribution in [2.75, 3.05) is 13.6 Å². The first-order valence-electron chi connectivity index (χ1n) is 10.1. The molecule has 0 radical (unpaired) electrons. The molecule has 4 rings (SSSR count). The summed E-state index contributed by atoms with van der Waals surface area (Å²) in [6.45, 7) is 1.18. The molecule has 1 saturated heterocycles. The molecule has 0 N–H and O–H groups in total. The number of hydrogen-bond donors (Lipinski definition) is 0. The van der Waals surface area contributed by atoms with E-state index < -0.39 is 0 Å². The highest BCUT2D eigenvalue weighted by Gasteiger charge is 2.34. The van der Waals surface area contributed by atoms with Gasteiger partial charge in [0.2, 0.25) is 11.8 Å². The summed E-state index contributed by atoms with van der Waals surface area (Å²) in [5.41, 5.74) is 1.08. The molecule has 8 heteroatoms. The lowest BCUT2D eigenvalue weighted by molar-refractivity contribution is -0.130. The number of hydrogen-bond acceptors (Lipinski definition) is 6. The normalized spacial score (nSPS) is 16.0. The first-order chi connectivity index (χ1) is 14.6. The molecule has 1 fully saturated rings. The molecule has 1 unspecified atom stereocenters. The monoisotopic (exact) mass is 408 g/mol. The molecule has 1 atom stereocenters. The number of furan rings is 1. The third-order valence-electron chi connectivity index (χ3n) is 5.27. The zero-order valence-electron chi connectivity index (χ0n) is 16.9. The van der Waals surface area contributed by atoms with Crippen LogP contribution in [0, 0.1) is 0 Å². The molecule has 2 aromatic heterocycles. The van der Waals surface area contributed by atoms with Crippen LogP contribution < -0.4 is 0 Å². The van der Waals surface area contributed by atoms with Crippen molar-refractivity contribution in [3.63, 3.8) is 0 Å². The van der Waals surface area contributed by atoms with Gasteiger partial charge in [0.1, 0.15) is 0 Å². The molecule has 1 aromatic carbocycles. The van der Waals surface area contributed by atoms with E-state index in [4.69, 9.17) is 8.94 Å². The van der Waals surface area contributed by atoms with E-state index in [1.54, 1.807) is 29.0 Å². The Morgan fingerprint density at radius 2 is 2.03 bits per heavy atom. The maximum atomic E-state index is 12.6. The maximum Gasteiger partial charge on any atom is 0.290 e. The van der Waals surface area contributed by atoms with E-state index in [1.807, 2.05) is 30.3 Å². The fourth-order valence-corrected chi connectivity index (χ4v) is 3.68. The molecule has 156 valence electrons. The van der Waals surface area contributed by atoms with Crippen LogP contribution in [-0.2, 0) is 17.8 Å². The van der Waals surface area contributed by atoms with Gasteiger partial charge in [0.05, 0.1) is 12.3 Å². The van der Waals surface area contributed by atoms with Crippen molar-refractivity contribution < 1.29 is 18.5 Å². The second-order valence-corrected chi connectivity index (χ2v) is 7.42. The lowest BCUT2D eigenvalue weighted by atomic mass is 10.2. The van der Waals surface area contributed by atoms with E-state index in [9.17, 15) is 9.59 Å². The highest BCUT2D eigenvalue weighted by molar-refractivity contribution is 5.91. The number of rotatable bonds is 7. The van der Waals surface area contributed by atoms with Gasteiger partial charge >= 0.3 is 0 Å². The highest BCUT2D eigenvalue weighted by atomic mass is 16.5. The van der Waals surface area contributed by atoms with E-state index >= 15 is 0 Å². The van der Waals surface area contributed by atoms with Crippen molar-refractivity contribution in [3.05, 3.63) is 71.8 Å². The molecule has 8 nitrogen and oxygen atoms in total. The minimum Gasteiger partial charge on any atom is -0.459 e. The quantitative estimate of drug-likeness (QED) is 0.596. The Bertz CT molecular complexity index is 984. The number of amides is 2. The molecule has 3 heterocycles. The molecule has 0 spiro atoms. The molecule has 30 heavy (non-hydrogen) atoms. The molecule has 0 saturated carbocycles. The first-order valence-corrected chi connectivity index (χ1v) is 10.1. The topological polar surface area (TPSA) is 92.7 Å². The number of carbonyl (C=O) groups is 2. The number of benzene rings is 1. The second-order valence-electron chi connectivity index (χ2n) is 7.42. The van der Waals surface area contributed by atoms with Crippen LogP contribution in [0.1, 0.15) is 53.1 Å². The summed E-state index contributed by atoms with van der Waals surface area (Å²) in [6.07, 6.45) is 3.76. The van der Waals surface area contributed by atoms with Gasteiger partial charge in [-0.2, -0.15) is 4.98 Å². The zero-order chi connectivity index (χ0) is 20.9. The fourth-order valence-electron chi connectivity index (χ4n) is 3.68. The Morgan fingerprint density at radius 3 is 2.80 bits per heavy atom. The smallest absolute Gasteiger partial charge is 0.290 e. The van der Waals surface area contributed by atoms with Crippen LogP contribution in [0.2, 0.25) is 0 Å². The first kappa shape index (κ1) is 19.9. The Kier molecular flexibility index (Phi) is 5.92. The van der Waals surface area contributed by atoms with Gasteiger partial charge in [-0.15, -0.1) is 0 Å². The van der Waals surface area contributed by atoms with Gasteiger partial charge in [-0.25, -0.2) is 0 Å². The summed E-state index contributed by atoms with van der Waals surface area (Å²) < 4.78 is 10.6. The number of carbonyl (C=O) groups excluding carboxylic acids is 2. The second kappa shape index (κ2) is 8.94. The molecule has 2 amide bonds. The Morgan fingerprint density at radius 1 is 1.20 bits per heavy atom. The van der Waals surface area contributed by atoms with Crippen molar-refractivity contribution in [1.82, 2.24) is 19.9 Å². The fraction of sp³-hybridized carbons (Fsp3) is 0.364. The van der Waals surface area contributed by atoms with Crippen molar-refractivity contribution in [3.8, 4) is 0 Å². The van der Waals surface area contributed by atoms with Gasteiger partial charge < -0.3 is 18.7 Å². The van der Waals surface area contributed by atoms with Gasteiger partial charge in [-0.05, 0) is 30.5 Å². The summed E-state index contributed by atoms with van der Waals surface area (Å²) >= 11 is 0. The summed E-state index contributed by atoms with van der Waals surface area (Å²) in [6, 6.07) is 12.9. The van der Waals surface area contributed by atoms with Gasteiger partial charge in [0, 0.05) is 33.0 Å². The standard InChI is InChI=1S/C22H24N4O4/c1-25(15-16-7-3-2-4-8-16)20(27)12-11-19-23-21(24-30-19)17-9-5-13-26(17)22(28)18-10-6-14-29-18/h2-4,6-8,10,14,17H,5,9,11-13,15H2,1H3. The lowest BCUT2D eigenvalue weighted by Gasteiger charge is -2.20. The van der Waals surface area contributed by atoms with E-state index in [-0.39, 0.29) is 24.3 Å². The van der Waals surface area contributed by atoms with Gasteiger partial charge in [0.25, 0.3) is 5.91 Å². The minimum atomic E-state index is -0.239. The van der Waals surface area contributed by atoms with Crippen LogP contribution in [0.4, 0.5) is 0 Å². The summed E-state index contributed by atoms with van der Waals surface area (Å²) in [7, 11) is 1.78. The van der Waals surface area contributed by atoms with Gasteiger partial charge in [-0.3, -0.25) is 9.59 Å². The maximum absolute atomic E-state index is 12.6. The van der Waals surface area contributed by atoms with Crippen LogP contribution >= 0.6 is 0 Å². The zero-order valence-corrected chi connectivity index (χ0v) is 16.9. The van der Waals surface area contributed by atoms with Crippen LogP contribution in [-0.4, -0.2) is 45.3 Å². The summed E-state index contributed by atoms with van der Waals surface area (Å²) in [5.74, 6) is 1.02. The average molecular weight is 408 g/mol. The predicted octanol–water partition coefficient (Wildman–Crippen LogP) is 3.23. The number of aryl methyl sites for hydroxylation is 1. The summed E-state index contributed by atoms with van der Waals surface area (Å²) in [4.78, 5) is 32.9. The number of nitrogens with zero attached hydrogens (tertiary/aromatic N) is 4. The Balaban J connectivity index is 1.33. The van der Waals surface area contributed by atoms with Crippen LogP contribution in [0.15, 0.2) is 57.7 Å². The van der Waals surface area contributed by atoms with E-state index in [0.29, 0.717) is 37.0 Å². The summed E-state index contributed by atoms with van der Waals surface area (Å²) in [5, 5.41) is 4.07. The average Bonchev–Trinajstić information content (AvgIpc) is 3.53. The molecule has 3 aromatic rings. The molecule has 1 aliphatic heterocycles. The lowest BCUT2D eigenvalue weighted by Crippen LogP contribution is -2.30. The van der Waals surface area contributed by atoms with E-state index in [0.717, 1.165) is 18.4 Å². The van der Waals surface area contributed by atoms with Crippen molar-refractivity contribution in [2.24, 2.45) is 0 Å². The Labute approximate surface area is 174 Å². The van der Waals surface area contributed by atoms with Crippen LogP contribution in [0.25, 0.3) is 0 Å². The van der Waals surface area contributed by atoms with Crippen LogP contribution in [0.3, 0.4) is 0 Å². The number of likely N-dealkylation sites (tertiary alicyclic amines) is 1. The molecular weight excluding hydrogens is 384 g/mol. The van der Waals surface area contributed by atoms with Gasteiger partial charge in [0.15, 0.2) is 11.6 Å². The molecular formula is C22H24N4O4. The highest BCUT2D eigenvalue weighted by Crippen LogP contribution is 2.31. The minimum absolute atomic E-state index is 0.00842. The Hall–Kier alpha value is -3.42. The van der Waals surface area contributed by atoms with Crippen molar-refractivity contribution >= 4 is 11.8 Å². The van der Waals surface area contributed by atoms with Crippen LogP contribution in [0.5, 0.6) is 0 Å². The third kappa shape index (κ3) is 4.42. The SMILES string of the molecule is CN(Cc1ccccc1)C(=O)CCc1nc(C2CCCN2C(=O)c2ccco2)no1. The molecule has 1 aliphatic rings. The van der Waals surface area contributed by atoms with Gasteiger partial charge in [-0.1, -0.05) is 35.5 Å². The van der Waals surface area contributed by atoms with E-state index in [1.165, 1.54) is 6.26 Å². The number of aromatic nitrogens is 2. The molecule has 0 bridgehead atoms. The van der Waals surface area contributed by atoms with Crippen molar-refractivity contribution in [2.45, 2.75) is 38.3 Å². The van der Waals surface area contributed by atoms with Crippen molar-refractivity contribution in [1.29, 1.82) is 0 Å². The largest absolute Gasteiger partial charge is 0.459 e. The van der Waals surface area contributed by atoms with E-state index in [2.05, 4.69) is 10.1 Å². The predicted molar refractivity (Wildman–Crippen MR) is 107 cm³/mol. The molecule has 0 aliphatic carbocycles. The third-order valence-corrected chi connectivity index (χ3v) is 5.27.